The van der Waals surface area contributed by atoms with E-state index in [0.29, 0.717) is 24.3 Å². The number of aliphatic carboxylic acids is 1. The zero-order valence-corrected chi connectivity index (χ0v) is 11.1. The average Bonchev–Trinajstić information content (AvgIpc) is 2.35. The number of anilines is 1. The number of carboxylic acids is 1. The summed E-state index contributed by atoms with van der Waals surface area (Å²) >= 11 is 0. The van der Waals surface area contributed by atoms with E-state index in [4.69, 9.17) is 10.4 Å². The van der Waals surface area contributed by atoms with Crippen LogP contribution in [0.15, 0.2) is 18.2 Å². The predicted octanol–water partition coefficient (Wildman–Crippen LogP) is 1.81. The van der Waals surface area contributed by atoms with Crippen molar-refractivity contribution in [1.29, 1.82) is 5.26 Å². The summed E-state index contributed by atoms with van der Waals surface area (Å²) in [5, 5.41) is 20.2. The van der Waals surface area contributed by atoms with E-state index < -0.39 is 5.97 Å². The van der Waals surface area contributed by atoms with Gasteiger partial charge in [-0.15, -0.1) is 0 Å². The normalized spacial score (nSPS) is 14.3. The van der Waals surface area contributed by atoms with Gasteiger partial charge >= 0.3 is 12.0 Å². The summed E-state index contributed by atoms with van der Waals surface area (Å²) in [6, 6.07) is 6.86. The van der Waals surface area contributed by atoms with Crippen LogP contribution in [0.25, 0.3) is 0 Å². The second-order valence-corrected chi connectivity index (χ2v) is 4.94. The highest BCUT2D eigenvalue weighted by atomic mass is 16.4. The number of amides is 2. The molecule has 0 radical (unpaired) electrons. The monoisotopic (exact) mass is 273 g/mol. The molecule has 2 N–H and O–H groups in total. The Morgan fingerprint density at radius 3 is 2.80 bits per heavy atom. The van der Waals surface area contributed by atoms with Gasteiger partial charge in [0, 0.05) is 24.7 Å². The first-order valence-corrected chi connectivity index (χ1v) is 6.28. The zero-order valence-electron chi connectivity index (χ0n) is 11.1. The molecule has 0 atom stereocenters. The van der Waals surface area contributed by atoms with Crippen LogP contribution in [0.2, 0.25) is 0 Å². The number of aryl methyl sites for hydroxylation is 1. The van der Waals surface area contributed by atoms with E-state index >= 15 is 0 Å². The number of hydrogen-bond donors (Lipinski definition) is 2. The summed E-state index contributed by atoms with van der Waals surface area (Å²) in [5.74, 6) is -0.808. The van der Waals surface area contributed by atoms with E-state index in [1.54, 1.807) is 23.1 Å². The zero-order chi connectivity index (χ0) is 14.7. The fourth-order valence-electron chi connectivity index (χ4n) is 2.13. The van der Waals surface area contributed by atoms with Crippen LogP contribution in [0.3, 0.4) is 0 Å². The topological polar surface area (TPSA) is 93.4 Å². The van der Waals surface area contributed by atoms with E-state index in [-0.39, 0.29) is 18.4 Å². The van der Waals surface area contributed by atoms with Crippen molar-refractivity contribution in [2.24, 2.45) is 5.92 Å². The van der Waals surface area contributed by atoms with Crippen molar-refractivity contribution >= 4 is 17.7 Å². The largest absolute Gasteiger partial charge is 0.481 e. The van der Waals surface area contributed by atoms with Crippen LogP contribution in [-0.2, 0) is 4.79 Å². The lowest BCUT2D eigenvalue weighted by Gasteiger charge is -2.38. The number of nitrogens with one attached hydrogen (secondary N) is 1. The Bertz CT molecular complexity index is 586. The second kappa shape index (κ2) is 5.61. The SMILES string of the molecule is Cc1ccc(C#N)cc1NC(=O)N1CC(CC(=O)O)C1. The van der Waals surface area contributed by atoms with Gasteiger partial charge < -0.3 is 15.3 Å². The fourth-order valence-corrected chi connectivity index (χ4v) is 2.13. The highest BCUT2D eigenvalue weighted by molar-refractivity contribution is 5.91. The van der Waals surface area contributed by atoms with Crippen LogP contribution < -0.4 is 5.32 Å². The van der Waals surface area contributed by atoms with E-state index in [2.05, 4.69) is 5.32 Å². The molecule has 1 heterocycles. The van der Waals surface area contributed by atoms with Crippen LogP contribution in [0, 0.1) is 24.2 Å². The molecule has 1 saturated heterocycles. The van der Waals surface area contributed by atoms with Gasteiger partial charge in [0.1, 0.15) is 0 Å². The number of carbonyl (C=O) groups excluding carboxylic acids is 1. The molecule has 0 aliphatic carbocycles. The van der Waals surface area contributed by atoms with Crippen LogP contribution >= 0.6 is 0 Å². The van der Waals surface area contributed by atoms with Gasteiger partial charge in [-0.3, -0.25) is 4.79 Å². The molecule has 1 fully saturated rings. The van der Waals surface area contributed by atoms with Crippen molar-refractivity contribution in [2.45, 2.75) is 13.3 Å². The van der Waals surface area contributed by atoms with E-state index in [1.807, 2.05) is 13.0 Å². The van der Waals surface area contributed by atoms with Crippen molar-refractivity contribution < 1.29 is 14.7 Å². The molecule has 1 aromatic rings. The quantitative estimate of drug-likeness (QED) is 0.878. The number of benzene rings is 1. The Morgan fingerprint density at radius 2 is 2.20 bits per heavy atom. The minimum Gasteiger partial charge on any atom is -0.481 e. The summed E-state index contributed by atoms with van der Waals surface area (Å²) < 4.78 is 0. The van der Waals surface area contributed by atoms with Crippen molar-refractivity contribution in [3.05, 3.63) is 29.3 Å². The van der Waals surface area contributed by atoms with Crippen LogP contribution in [-0.4, -0.2) is 35.1 Å². The number of likely N-dealkylation sites (tertiary alicyclic amines) is 1. The second-order valence-electron chi connectivity index (χ2n) is 4.94. The molecular formula is C14H15N3O3. The number of hydrogen-bond acceptors (Lipinski definition) is 3. The van der Waals surface area contributed by atoms with Gasteiger partial charge in [0.15, 0.2) is 0 Å². The molecule has 2 rings (SSSR count). The minimum atomic E-state index is -0.840. The van der Waals surface area contributed by atoms with Crippen molar-refractivity contribution in [2.75, 3.05) is 18.4 Å². The number of nitrogens with zero attached hydrogens (tertiary/aromatic N) is 2. The molecule has 1 aromatic carbocycles. The van der Waals surface area contributed by atoms with E-state index in [0.717, 1.165) is 5.56 Å². The Hall–Kier alpha value is -2.55. The molecule has 1 aliphatic rings. The van der Waals surface area contributed by atoms with Gasteiger partial charge in [-0.2, -0.15) is 5.26 Å². The van der Waals surface area contributed by atoms with Crippen LogP contribution in [0.1, 0.15) is 17.5 Å². The number of rotatable bonds is 3. The lowest BCUT2D eigenvalue weighted by Crippen LogP contribution is -2.52. The average molecular weight is 273 g/mol. The van der Waals surface area contributed by atoms with Gasteiger partial charge in [0.25, 0.3) is 0 Å². The summed E-state index contributed by atoms with van der Waals surface area (Å²) in [6.45, 7) is 2.75. The number of carboxylic acid groups (broad SMARTS) is 1. The molecule has 104 valence electrons. The fraction of sp³-hybridized carbons (Fsp3) is 0.357. The molecule has 20 heavy (non-hydrogen) atoms. The summed E-state index contributed by atoms with van der Waals surface area (Å²) in [5.41, 5.74) is 1.97. The third-order valence-corrected chi connectivity index (χ3v) is 3.32. The first-order chi connectivity index (χ1) is 9.49. The number of carbonyl (C=O) groups is 2. The van der Waals surface area contributed by atoms with E-state index in [1.165, 1.54) is 0 Å². The van der Waals surface area contributed by atoms with Crippen molar-refractivity contribution in [3.63, 3.8) is 0 Å². The summed E-state index contributed by atoms with van der Waals surface area (Å²) in [7, 11) is 0. The number of urea groups is 1. The maximum absolute atomic E-state index is 12.0. The molecule has 0 spiro atoms. The van der Waals surface area contributed by atoms with Gasteiger partial charge in [-0.05, 0) is 24.6 Å². The standard InChI is InChI=1S/C14H15N3O3/c1-9-2-3-10(6-15)4-12(9)16-14(20)17-7-11(8-17)5-13(18)19/h2-4,11H,5,7-8H2,1H3,(H,16,20)(H,18,19). The molecule has 0 aromatic heterocycles. The van der Waals surface area contributed by atoms with E-state index in [9.17, 15) is 9.59 Å². The highest BCUT2D eigenvalue weighted by Gasteiger charge is 2.32. The lowest BCUT2D eigenvalue weighted by molar-refractivity contribution is -0.139. The lowest BCUT2D eigenvalue weighted by atomic mass is 9.97. The maximum Gasteiger partial charge on any atom is 0.321 e. The summed E-state index contributed by atoms with van der Waals surface area (Å²) in [4.78, 5) is 24.1. The van der Waals surface area contributed by atoms with Crippen LogP contribution in [0.4, 0.5) is 10.5 Å². The Morgan fingerprint density at radius 1 is 1.50 bits per heavy atom. The smallest absolute Gasteiger partial charge is 0.321 e. The molecular weight excluding hydrogens is 258 g/mol. The third kappa shape index (κ3) is 3.06. The molecule has 1 aliphatic heterocycles. The Kier molecular flexibility index (Phi) is 3.89. The first-order valence-electron chi connectivity index (χ1n) is 6.28. The highest BCUT2D eigenvalue weighted by Crippen LogP contribution is 2.22. The molecule has 0 saturated carbocycles. The summed E-state index contributed by atoms with van der Waals surface area (Å²) in [6.07, 6.45) is 0.0900. The van der Waals surface area contributed by atoms with Crippen molar-refractivity contribution in [1.82, 2.24) is 4.90 Å². The third-order valence-electron chi connectivity index (χ3n) is 3.32. The maximum atomic E-state index is 12.0. The van der Waals surface area contributed by atoms with Gasteiger partial charge in [0.2, 0.25) is 0 Å². The van der Waals surface area contributed by atoms with Crippen molar-refractivity contribution in [3.8, 4) is 6.07 Å². The molecule has 0 bridgehead atoms. The molecule has 6 nitrogen and oxygen atoms in total. The molecule has 2 amide bonds. The van der Waals surface area contributed by atoms with Gasteiger partial charge in [0.05, 0.1) is 18.1 Å². The molecule has 6 heteroatoms. The predicted molar refractivity (Wildman–Crippen MR) is 72.2 cm³/mol. The van der Waals surface area contributed by atoms with Gasteiger partial charge in [-0.25, -0.2) is 4.79 Å². The molecule has 0 unspecified atom stereocenters. The Balaban J connectivity index is 1.93. The van der Waals surface area contributed by atoms with Gasteiger partial charge in [-0.1, -0.05) is 6.07 Å². The van der Waals surface area contributed by atoms with Crippen LogP contribution in [0.5, 0.6) is 0 Å². The first kappa shape index (κ1) is 13.9. The minimum absolute atomic E-state index is 0.0322. The Labute approximate surface area is 116 Å². The number of nitriles is 1.